The maximum absolute atomic E-state index is 6.45. The smallest absolute Gasteiger partial charge is 0.0594 e. The van der Waals surface area contributed by atoms with Crippen molar-refractivity contribution in [3.8, 4) is 0 Å². The number of ether oxygens (including phenoxy) is 1. The van der Waals surface area contributed by atoms with Gasteiger partial charge >= 0.3 is 0 Å². The Kier molecular flexibility index (Phi) is 5.26. The Hall–Kier alpha value is -0.570. The molecule has 0 bridgehead atoms. The molecule has 0 unspecified atom stereocenters. The highest BCUT2D eigenvalue weighted by Gasteiger charge is 2.13. The van der Waals surface area contributed by atoms with Crippen LogP contribution >= 0.6 is 11.6 Å². The normalized spacial score (nSPS) is 17.1. The minimum atomic E-state index is 0.532. The van der Waals surface area contributed by atoms with Gasteiger partial charge in [0.1, 0.15) is 0 Å². The Labute approximate surface area is 121 Å². The molecule has 0 spiro atoms. The molecule has 0 aromatic heterocycles. The molecule has 0 radical (unpaired) electrons. The van der Waals surface area contributed by atoms with E-state index in [0.29, 0.717) is 5.92 Å². The first-order valence-electron chi connectivity index (χ1n) is 7.17. The average Bonchev–Trinajstić information content (AvgIpc) is 2.38. The highest BCUT2D eigenvalue weighted by atomic mass is 35.5. The number of morpholine rings is 1. The van der Waals surface area contributed by atoms with Gasteiger partial charge in [-0.3, -0.25) is 4.90 Å². The lowest BCUT2D eigenvalue weighted by Crippen LogP contribution is -2.37. The monoisotopic (exact) mass is 281 g/mol. The maximum atomic E-state index is 6.45. The van der Waals surface area contributed by atoms with Crippen LogP contribution in [0.25, 0.3) is 0 Å². The van der Waals surface area contributed by atoms with Crippen molar-refractivity contribution >= 4 is 11.6 Å². The number of benzene rings is 1. The highest BCUT2D eigenvalue weighted by molar-refractivity contribution is 6.31. The van der Waals surface area contributed by atoms with Gasteiger partial charge in [-0.2, -0.15) is 0 Å². The molecule has 0 N–H and O–H groups in total. The number of rotatable bonds is 4. The average molecular weight is 282 g/mol. The number of nitrogens with zero attached hydrogens (tertiary/aromatic N) is 1. The van der Waals surface area contributed by atoms with E-state index in [-0.39, 0.29) is 0 Å². The lowest BCUT2D eigenvalue weighted by molar-refractivity contribution is 0.0384. The van der Waals surface area contributed by atoms with Crippen molar-refractivity contribution in [3.05, 3.63) is 33.8 Å². The molecule has 1 aliphatic rings. The molecule has 2 nitrogen and oxygen atoms in total. The Balaban J connectivity index is 2.03. The van der Waals surface area contributed by atoms with Crippen molar-refractivity contribution in [1.82, 2.24) is 4.90 Å². The summed E-state index contributed by atoms with van der Waals surface area (Å²) in [7, 11) is 0. The molecule has 0 saturated carbocycles. The van der Waals surface area contributed by atoms with E-state index in [1.54, 1.807) is 0 Å². The number of aryl methyl sites for hydroxylation is 1. The molecule has 1 fully saturated rings. The maximum Gasteiger partial charge on any atom is 0.0594 e. The molecule has 0 atom stereocenters. The summed E-state index contributed by atoms with van der Waals surface area (Å²) in [4.78, 5) is 2.45. The van der Waals surface area contributed by atoms with Crippen molar-refractivity contribution in [3.63, 3.8) is 0 Å². The lowest BCUT2D eigenvalue weighted by Gasteiger charge is -2.27. The topological polar surface area (TPSA) is 12.5 Å². The van der Waals surface area contributed by atoms with E-state index >= 15 is 0 Å². The number of halogens is 1. The molecule has 2 rings (SSSR count). The van der Waals surface area contributed by atoms with Crippen LogP contribution in [0.2, 0.25) is 5.02 Å². The van der Waals surface area contributed by atoms with Crippen LogP contribution in [0.5, 0.6) is 0 Å². The molecule has 1 aromatic carbocycles. The van der Waals surface area contributed by atoms with E-state index in [9.17, 15) is 0 Å². The van der Waals surface area contributed by atoms with Crippen LogP contribution in [0.4, 0.5) is 0 Å². The third-order valence-corrected chi connectivity index (χ3v) is 4.23. The Bertz CT molecular complexity index is 402. The fraction of sp³-hybridized carbons (Fsp3) is 0.625. The summed E-state index contributed by atoms with van der Waals surface area (Å²) >= 11 is 6.45. The summed E-state index contributed by atoms with van der Waals surface area (Å²) < 4.78 is 5.37. The molecule has 106 valence electrons. The third-order valence-electron chi connectivity index (χ3n) is 3.89. The summed E-state index contributed by atoms with van der Waals surface area (Å²) in [5, 5.41) is 0.928. The van der Waals surface area contributed by atoms with Crippen LogP contribution in [-0.4, -0.2) is 37.7 Å². The van der Waals surface area contributed by atoms with Gasteiger partial charge in [-0.05, 0) is 42.0 Å². The largest absolute Gasteiger partial charge is 0.379 e. The SMILES string of the molecule is Cc1cc(C(C)C)cc(Cl)c1CCN1CCOCC1. The number of hydrogen-bond donors (Lipinski definition) is 0. The Morgan fingerprint density at radius 1 is 1.26 bits per heavy atom. The summed E-state index contributed by atoms with van der Waals surface area (Å²) in [6, 6.07) is 4.42. The molecule has 0 amide bonds. The zero-order chi connectivity index (χ0) is 13.8. The molecule has 0 aliphatic carbocycles. The minimum Gasteiger partial charge on any atom is -0.379 e. The second kappa shape index (κ2) is 6.74. The van der Waals surface area contributed by atoms with E-state index in [2.05, 4.69) is 37.8 Å². The first-order chi connectivity index (χ1) is 9.08. The Morgan fingerprint density at radius 2 is 1.95 bits per heavy atom. The predicted octanol–water partition coefficient (Wildman–Crippen LogP) is 3.65. The van der Waals surface area contributed by atoms with Crippen LogP contribution in [0, 0.1) is 6.92 Å². The predicted molar refractivity (Wildman–Crippen MR) is 81.2 cm³/mol. The van der Waals surface area contributed by atoms with Crippen molar-refractivity contribution in [1.29, 1.82) is 0 Å². The molecule has 1 saturated heterocycles. The van der Waals surface area contributed by atoms with Crippen LogP contribution in [0.3, 0.4) is 0 Å². The van der Waals surface area contributed by atoms with Crippen LogP contribution in [-0.2, 0) is 11.2 Å². The van der Waals surface area contributed by atoms with E-state index in [0.717, 1.165) is 44.3 Å². The molecule has 19 heavy (non-hydrogen) atoms. The zero-order valence-corrected chi connectivity index (χ0v) is 13.0. The first-order valence-corrected chi connectivity index (χ1v) is 7.54. The standard InChI is InChI=1S/C16H24ClNO/c1-12(2)14-10-13(3)15(16(17)11-14)4-5-18-6-8-19-9-7-18/h10-12H,4-9H2,1-3H3. The molecular weight excluding hydrogens is 258 g/mol. The van der Waals surface area contributed by atoms with Gasteiger partial charge in [0.25, 0.3) is 0 Å². The molecule has 1 aromatic rings. The summed E-state index contributed by atoms with van der Waals surface area (Å²) in [5.41, 5.74) is 3.96. The van der Waals surface area contributed by atoms with E-state index in [1.165, 1.54) is 16.7 Å². The zero-order valence-electron chi connectivity index (χ0n) is 12.2. The van der Waals surface area contributed by atoms with Crippen LogP contribution in [0.15, 0.2) is 12.1 Å². The third kappa shape index (κ3) is 3.95. The van der Waals surface area contributed by atoms with Crippen LogP contribution < -0.4 is 0 Å². The van der Waals surface area contributed by atoms with E-state index in [4.69, 9.17) is 16.3 Å². The second-order valence-electron chi connectivity index (χ2n) is 5.66. The quantitative estimate of drug-likeness (QED) is 0.835. The summed E-state index contributed by atoms with van der Waals surface area (Å²) in [6.45, 7) is 11.5. The van der Waals surface area contributed by atoms with Crippen molar-refractivity contribution in [2.75, 3.05) is 32.8 Å². The van der Waals surface area contributed by atoms with Crippen molar-refractivity contribution in [2.45, 2.75) is 33.1 Å². The van der Waals surface area contributed by atoms with Gasteiger partial charge in [0, 0.05) is 24.7 Å². The first kappa shape index (κ1) is 14.8. The fourth-order valence-corrected chi connectivity index (χ4v) is 2.91. The number of hydrogen-bond acceptors (Lipinski definition) is 2. The van der Waals surface area contributed by atoms with Gasteiger partial charge in [0.15, 0.2) is 0 Å². The molecule has 1 heterocycles. The summed E-state index contributed by atoms with van der Waals surface area (Å²) in [5.74, 6) is 0.532. The molecule has 1 aliphatic heterocycles. The fourth-order valence-electron chi connectivity index (χ4n) is 2.55. The van der Waals surface area contributed by atoms with Crippen molar-refractivity contribution < 1.29 is 4.74 Å². The van der Waals surface area contributed by atoms with Crippen LogP contribution in [0.1, 0.15) is 36.5 Å². The highest BCUT2D eigenvalue weighted by Crippen LogP contribution is 2.26. The lowest BCUT2D eigenvalue weighted by atomic mass is 9.96. The molecule has 3 heteroatoms. The van der Waals surface area contributed by atoms with Gasteiger partial charge < -0.3 is 4.74 Å². The van der Waals surface area contributed by atoms with Gasteiger partial charge in [-0.1, -0.05) is 31.5 Å². The van der Waals surface area contributed by atoms with Crippen molar-refractivity contribution in [2.24, 2.45) is 0 Å². The van der Waals surface area contributed by atoms with Gasteiger partial charge in [0.2, 0.25) is 0 Å². The second-order valence-corrected chi connectivity index (χ2v) is 6.06. The Morgan fingerprint density at radius 3 is 2.53 bits per heavy atom. The van der Waals surface area contributed by atoms with Gasteiger partial charge in [-0.15, -0.1) is 0 Å². The minimum absolute atomic E-state index is 0.532. The van der Waals surface area contributed by atoms with E-state index < -0.39 is 0 Å². The van der Waals surface area contributed by atoms with Gasteiger partial charge in [0.05, 0.1) is 13.2 Å². The van der Waals surface area contributed by atoms with Gasteiger partial charge in [-0.25, -0.2) is 0 Å². The van der Waals surface area contributed by atoms with E-state index in [1.807, 2.05) is 0 Å². The molecular formula is C16H24ClNO. The summed E-state index contributed by atoms with van der Waals surface area (Å²) in [6.07, 6.45) is 1.03.